The standard InChI is InChI=1S/C37H40BrN10O4P/c1-23-19-28(43-36-41-21-25(38)35(45-36)42-27-10-9-26-33(40-13-12-39-26)34(27)53(3,4)51)31(52-2)20-30(23)47-17-15-46(16-18-47)22-24-7-5-6-8-29(24)48-14-11-32(49)44-37(48)50/h5-10,12-13,19-21H,11,14-18,22H2,1-4H3,(H,44,49,50)(H2,41,42,43,45). The minimum atomic E-state index is -2.77. The van der Waals surface area contributed by atoms with Crippen LogP contribution < -0.4 is 35.8 Å². The van der Waals surface area contributed by atoms with Crippen LogP contribution in [0.2, 0.25) is 0 Å². The van der Waals surface area contributed by atoms with Crippen LogP contribution in [0.25, 0.3) is 11.0 Å². The summed E-state index contributed by atoms with van der Waals surface area (Å²) in [4.78, 5) is 48.8. The Morgan fingerprint density at radius 1 is 0.925 bits per heavy atom. The van der Waals surface area contributed by atoms with Gasteiger partial charge in [-0.1, -0.05) is 18.2 Å². The van der Waals surface area contributed by atoms with Gasteiger partial charge >= 0.3 is 6.03 Å². The van der Waals surface area contributed by atoms with E-state index in [1.165, 1.54) is 0 Å². The van der Waals surface area contributed by atoms with Gasteiger partial charge in [-0.2, -0.15) is 4.98 Å². The molecular formula is C37H40BrN10O4P. The Labute approximate surface area is 315 Å². The lowest BCUT2D eigenvalue weighted by Crippen LogP contribution is -2.50. The second-order valence-electron chi connectivity index (χ2n) is 13.4. The molecule has 2 saturated heterocycles. The number of piperazine rings is 1. The van der Waals surface area contributed by atoms with Gasteiger partial charge in [-0.3, -0.25) is 29.9 Å². The van der Waals surface area contributed by atoms with Crippen LogP contribution in [0.15, 0.2) is 71.6 Å². The summed E-state index contributed by atoms with van der Waals surface area (Å²) < 4.78 is 19.9. The van der Waals surface area contributed by atoms with Crippen molar-refractivity contribution >= 4 is 85.9 Å². The van der Waals surface area contributed by atoms with Gasteiger partial charge in [0.25, 0.3) is 0 Å². The normalized spacial score (nSPS) is 15.4. The molecular weight excluding hydrogens is 759 g/mol. The summed E-state index contributed by atoms with van der Waals surface area (Å²) in [7, 11) is -1.13. The van der Waals surface area contributed by atoms with Gasteiger partial charge in [-0.05, 0) is 71.6 Å². The number of amides is 3. The van der Waals surface area contributed by atoms with Crippen molar-refractivity contribution in [2.45, 2.75) is 19.9 Å². The first-order chi connectivity index (χ1) is 25.5. The molecule has 14 nitrogen and oxygen atoms in total. The van der Waals surface area contributed by atoms with Crippen molar-refractivity contribution < 1.29 is 18.9 Å². The highest BCUT2D eigenvalue weighted by Gasteiger charge is 2.28. The van der Waals surface area contributed by atoms with Crippen LogP contribution in [0.3, 0.4) is 0 Å². The van der Waals surface area contributed by atoms with Crippen molar-refractivity contribution in [2.24, 2.45) is 0 Å². The van der Waals surface area contributed by atoms with Gasteiger partial charge in [0.15, 0.2) is 0 Å². The van der Waals surface area contributed by atoms with E-state index in [0.717, 1.165) is 48.7 Å². The number of rotatable bonds is 10. The molecule has 7 rings (SSSR count). The summed E-state index contributed by atoms with van der Waals surface area (Å²) in [6.45, 7) is 9.87. The lowest BCUT2D eigenvalue weighted by Gasteiger charge is -2.38. The van der Waals surface area contributed by atoms with Crippen LogP contribution in [-0.4, -0.2) is 89.9 Å². The number of halogens is 1. The molecule has 5 aromatic rings. The molecule has 0 atom stereocenters. The highest BCUT2D eigenvalue weighted by Crippen LogP contribution is 2.41. The molecule has 274 valence electrons. The number of benzene rings is 3. The number of urea groups is 1. The van der Waals surface area contributed by atoms with Gasteiger partial charge in [0, 0.05) is 81.7 Å². The van der Waals surface area contributed by atoms with E-state index in [1.54, 1.807) is 43.9 Å². The van der Waals surface area contributed by atoms with Crippen molar-refractivity contribution in [1.29, 1.82) is 0 Å². The fourth-order valence-corrected chi connectivity index (χ4v) is 8.49. The quantitative estimate of drug-likeness (QED) is 0.142. The molecule has 0 saturated carbocycles. The van der Waals surface area contributed by atoms with E-state index in [1.807, 2.05) is 48.5 Å². The fourth-order valence-electron chi connectivity index (χ4n) is 6.81. The van der Waals surface area contributed by atoms with Crippen molar-refractivity contribution in [1.82, 2.24) is 30.2 Å². The lowest BCUT2D eigenvalue weighted by atomic mass is 10.1. The summed E-state index contributed by atoms with van der Waals surface area (Å²) in [6.07, 6.45) is 5.16. The number of aromatic nitrogens is 4. The van der Waals surface area contributed by atoms with Gasteiger partial charge in [0.05, 0.1) is 33.8 Å². The number of carbonyl (C=O) groups is 2. The zero-order valence-electron chi connectivity index (χ0n) is 29.9. The maximum absolute atomic E-state index is 13.4. The molecule has 3 amide bonds. The van der Waals surface area contributed by atoms with Gasteiger partial charge in [-0.25, -0.2) is 9.78 Å². The summed E-state index contributed by atoms with van der Waals surface area (Å²) in [5.41, 5.74) is 6.63. The summed E-state index contributed by atoms with van der Waals surface area (Å²) in [5, 5.41) is 9.71. The number of nitrogens with zero attached hydrogens (tertiary/aromatic N) is 7. The Morgan fingerprint density at radius 2 is 1.70 bits per heavy atom. The zero-order valence-corrected chi connectivity index (χ0v) is 32.4. The van der Waals surface area contributed by atoms with E-state index in [4.69, 9.17) is 9.72 Å². The van der Waals surface area contributed by atoms with Crippen LogP contribution in [0, 0.1) is 6.92 Å². The Balaban J connectivity index is 1.05. The number of nitrogens with one attached hydrogen (secondary N) is 3. The molecule has 3 N–H and O–H groups in total. The number of anilines is 6. The molecule has 2 aliphatic heterocycles. The average molecular weight is 800 g/mol. The molecule has 2 fully saturated rings. The first-order valence-electron chi connectivity index (χ1n) is 17.2. The van der Waals surface area contributed by atoms with E-state index in [9.17, 15) is 14.2 Å². The molecule has 53 heavy (non-hydrogen) atoms. The van der Waals surface area contributed by atoms with Crippen molar-refractivity contribution in [3.05, 3.63) is 82.7 Å². The Kier molecular flexibility index (Phi) is 10.3. The SMILES string of the molecule is COc1cc(N2CCN(Cc3ccccc3N3CCC(=O)NC3=O)CC2)c(C)cc1Nc1ncc(Br)c(Nc2ccc3nccnc3c2P(C)(C)=O)n1. The molecule has 0 radical (unpaired) electrons. The Hall–Kier alpha value is -5.11. The molecule has 4 heterocycles. The number of hydrogen-bond acceptors (Lipinski definition) is 12. The van der Waals surface area contributed by atoms with Crippen molar-refractivity contribution in [2.75, 3.05) is 73.6 Å². The molecule has 2 aliphatic rings. The van der Waals surface area contributed by atoms with Crippen molar-refractivity contribution in [3.8, 4) is 5.75 Å². The summed E-state index contributed by atoms with van der Waals surface area (Å²) in [5.74, 6) is 1.24. The highest BCUT2D eigenvalue weighted by molar-refractivity contribution is 9.10. The van der Waals surface area contributed by atoms with Crippen molar-refractivity contribution in [3.63, 3.8) is 0 Å². The molecule has 0 aliphatic carbocycles. The Bertz CT molecular complexity index is 2260. The fraction of sp³-hybridized carbons (Fsp3) is 0.297. The topological polar surface area (TPSA) is 158 Å². The van der Waals surface area contributed by atoms with E-state index in [-0.39, 0.29) is 18.4 Å². The van der Waals surface area contributed by atoms with Gasteiger partial charge in [-0.15, -0.1) is 0 Å². The molecule has 2 aromatic heterocycles. The number of fused-ring (bicyclic) bond motifs is 1. The third-order valence-corrected chi connectivity index (χ3v) is 11.5. The second kappa shape index (κ2) is 15.1. The van der Waals surface area contributed by atoms with Crippen LogP contribution in [-0.2, 0) is 15.9 Å². The monoisotopic (exact) mass is 798 g/mol. The largest absolute Gasteiger partial charge is 0.494 e. The van der Waals surface area contributed by atoms with Crippen LogP contribution in [0.5, 0.6) is 5.75 Å². The zero-order chi connectivity index (χ0) is 37.3. The van der Waals surface area contributed by atoms with E-state index < -0.39 is 7.14 Å². The third-order valence-electron chi connectivity index (χ3n) is 9.36. The maximum Gasteiger partial charge on any atom is 0.328 e. The van der Waals surface area contributed by atoms with E-state index in [2.05, 4.69) is 63.6 Å². The number of aryl methyl sites for hydroxylation is 1. The minimum absolute atomic E-state index is 0.242. The first kappa shape index (κ1) is 36.3. The maximum atomic E-state index is 13.4. The number of hydrogen-bond donors (Lipinski definition) is 3. The molecule has 16 heteroatoms. The number of carbonyl (C=O) groups excluding carboxylic acids is 2. The number of imide groups is 1. The highest BCUT2D eigenvalue weighted by atomic mass is 79.9. The van der Waals surface area contributed by atoms with Gasteiger partial charge < -0.3 is 24.8 Å². The van der Waals surface area contributed by atoms with Crippen LogP contribution in [0.1, 0.15) is 17.5 Å². The van der Waals surface area contributed by atoms with E-state index in [0.29, 0.717) is 62.8 Å². The smallest absolute Gasteiger partial charge is 0.328 e. The molecule has 0 spiro atoms. The molecule has 0 bridgehead atoms. The predicted molar refractivity (Wildman–Crippen MR) is 212 cm³/mol. The number of ether oxygens (including phenoxy) is 1. The van der Waals surface area contributed by atoms with Gasteiger partial charge in [0.1, 0.15) is 24.2 Å². The first-order valence-corrected chi connectivity index (χ1v) is 20.6. The molecule has 3 aromatic carbocycles. The summed E-state index contributed by atoms with van der Waals surface area (Å²) >= 11 is 3.56. The van der Waals surface area contributed by atoms with Gasteiger partial charge in [0.2, 0.25) is 11.9 Å². The van der Waals surface area contributed by atoms with Crippen LogP contribution >= 0.6 is 23.1 Å². The Morgan fingerprint density at radius 3 is 2.45 bits per heavy atom. The number of methoxy groups -OCH3 is 1. The number of para-hydroxylation sites is 1. The average Bonchev–Trinajstić information content (AvgIpc) is 3.13. The second-order valence-corrected chi connectivity index (χ2v) is 17.4. The molecule has 0 unspecified atom stereocenters. The minimum Gasteiger partial charge on any atom is -0.494 e. The van der Waals surface area contributed by atoms with E-state index >= 15 is 0 Å². The lowest BCUT2D eigenvalue weighted by molar-refractivity contribution is -0.120. The summed E-state index contributed by atoms with van der Waals surface area (Å²) in [6, 6.07) is 15.3. The van der Waals surface area contributed by atoms with Crippen LogP contribution in [0.4, 0.5) is 39.3 Å². The predicted octanol–water partition coefficient (Wildman–Crippen LogP) is 6.00. The third kappa shape index (κ3) is 7.82.